The summed E-state index contributed by atoms with van der Waals surface area (Å²) in [5.74, 6) is 0.369. The average Bonchev–Trinajstić information content (AvgIpc) is 3.10. The van der Waals surface area contributed by atoms with E-state index >= 15 is 0 Å². The van der Waals surface area contributed by atoms with E-state index in [0.717, 1.165) is 16.3 Å². The van der Waals surface area contributed by atoms with Crippen LogP contribution < -0.4 is 10.2 Å². The Kier molecular flexibility index (Phi) is 8.13. The Balaban J connectivity index is 1.86. The predicted octanol–water partition coefficient (Wildman–Crippen LogP) is 2.78. The Morgan fingerprint density at radius 2 is 1.89 bits per heavy atom. The number of hydrogen-bond donors (Lipinski definition) is 1. The van der Waals surface area contributed by atoms with Crippen LogP contribution in [0.2, 0.25) is 0 Å². The van der Waals surface area contributed by atoms with Crippen molar-refractivity contribution in [2.45, 2.75) is 34.1 Å². The molecule has 0 fully saturated rings. The molecule has 0 saturated carbocycles. The van der Waals surface area contributed by atoms with Crippen molar-refractivity contribution in [3.8, 4) is 5.75 Å². The van der Waals surface area contributed by atoms with Crippen LogP contribution in [-0.2, 0) is 16.0 Å². The number of amides is 2. The highest BCUT2D eigenvalue weighted by Gasteiger charge is 2.10. The Morgan fingerprint density at radius 3 is 2.46 bits per heavy atom. The van der Waals surface area contributed by atoms with Gasteiger partial charge < -0.3 is 9.64 Å². The number of aryl methyl sites for hydroxylation is 1. The van der Waals surface area contributed by atoms with Gasteiger partial charge in [0.1, 0.15) is 10.8 Å². The molecule has 0 radical (unpaired) electrons. The zero-order chi connectivity index (χ0) is 20.5. The van der Waals surface area contributed by atoms with Crippen molar-refractivity contribution in [3.05, 3.63) is 45.9 Å². The first-order chi connectivity index (χ1) is 13.4. The molecule has 2 amide bonds. The lowest BCUT2D eigenvalue weighted by molar-refractivity contribution is -0.133. The number of carbonyl (C=O) groups is 2. The fourth-order valence-electron chi connectivity index (χ4n) is 2.48. The molecular weight excluding hydrogens is 376 g/mol. The van der Waals surface area contributed by atoms with Gasteiger partial charge in [0.15, 0.2) is 6.61 Å². The van der Waals surface area contributed by atoms with Crippen molar-refractivity contribution in [1.29, 1.82) is 0 Å². The minimum absolute atomic E-state index is 0.0143. The van der Waals surface area contributed by atoms with Gasteiger partial charge in [-0.2, -0.15) is 5.10 Å². The lowest BCUT2D eigenvalue weighted by Gasteiger charge is -2.18. The van der Waals surface area contributed by atoms with Gasteiger partial charge in [0, 0.05) is 24.2 Å². The molecule has 1 N–H and O–H groups in total. The van der Waals surface area contributed by atoms with Gasteiger partial charge in [-0.15, -0.1) is 11.3 Å². The molecule has 0 aliphatic rings. The van der Waals surface area contributed by atoms with Gasteiger partial charge in [0.25, 0.3) is 5.91 Å². The quantitative estimate of drug-likeness (QED) is 0.516. The first-order valence-corrected chi connectivity index (χ1v) is 10.1. The van der Waals surface area contributed by atoms with Gasteiger partial charge in [-0.3, -0.25) is 9.59 Å². The van der Waals surface area contributed by atoms with E-state index in [4.69, 9.17) is 4.74 Å². The molecule has 0 atom stereocenters. The summed E-state index contributed by atoms with van der Waals surface area (Å²) in [6.07, 6.45) is 0.211. The summed E-state index contributed by atoms with van der Waals surface area (Å²) in [6, 6.07) is 7.24. The van der Waals surface area contributed by atoms with Crippen molar-refractivity contribution in [3.63, 3.8) is 0 Å². The fraction of sp³-hybridized carbons (Fsp3) is 0.400. The molecule has 2 aromatic rings. The number of thiazole rings is 1. The van der Waals surface area contributed by atoms with Gasteiger partial charge in [-0.25, -0.2) is 10.4 Å². The number of nitrogens with one attached hydrogen (secondary N) is 1. The lowest BCUT2D eigenvalue weighted by Crippen LogP contribution is -2.34. The van der Waals surface area contributed by atoms with Gasteiger partial charge in [0.2, 0.25) is 5.91 Å². The summed E-state index contributed by atoms with van der Waals surface area (Å²) >= 11 is 1.46. The average molecular weight is 403 g/mol. The van der Waals surface area contributed by atoms with Crippen molar-refractivity contribution in [2.75, 3.05) is 19.7 Å². The standard InChI is InChI=1S/C20H26N4O3S/c1-5-24(6-2)20(26)12-27-17-9-7-16(8-10-17)15(4)22-23-18(25)11-19-21-14(3)13-28-19/h7-10,13H,5-6,11-12H2,1-4H3,(H,23,25)/b22-15-. The molecule has 8 heteroatoms. The van der Waals surface area contributed by atoms with E-state index in [1.807, 2.05) is 45.2 Å². The van der Waals surface area contributed by atoms with Crippen LogP contribution in [0.5, 0.6) is 5.75 Å². The largest absolute Gasteiger partial charge is 0.484 e. The first-order valence-electron chi connectivity index (χ1n) is 9.18. The third-order valence-corrected chi connectivity index (χ3v) is 5.04. The summed E-state index contributed by atoms with van der Waals surface area (Å²) in [6.45, 7) is 8.94. The second-order valence-electron chi connectivity index (χ2n) is 6.17. The highest BCUT2D eigenvalue weighted by molar-refractivity contribution is 7.09. The Hall–Kier alpha value is -2.74. The number of ether oxygens (including phenoxy) is 1. The molecule has 0 aliphatic heterocycles. The zero-order valence-corrected chi connectivity index (χ0v) is 17.5. The SMILES string of the molecule is CCN(CC)C(=O)COc1ccc(/C(C)=N\NC(=O)Cc2nc(C)cs2)cc1. The lowest BCUT2D eigenvalue weighted by atomic mass is 10.1. The highest BCUT2D eigenvalue weighted by atomic mass is 32.1. The molecule has 0 unspecified atom stereocenters. The predicted molar refractivity (Wildman–Crippen MR) is 111 cm³/mol. The van der Waals surface area contributed by atoms with Crippen LogP contribution in [-0.4, -0.2) is 47.1 Å². The summed E-state index contributed by atoms with van der Waals surface area (Å²) in [5.41, 5.74) is 4.99. The van der Waals surface area contributed by atoms with E-state index < -0.39 is 0 Å². The van der Waals surface area contributed by atoms with E-state index in [2.05, 4.69) is 15.5 Å². The molecule has 2 rings (SSSR count). The second kappa shape index (κ2) is 10.6. The van der Waals surface area contributed by atoms with Crippen LogP contribution in [0.3, 0.4) is 0 Å². The molecule has 28 heavy (non-hydrogen) atoms. The van der Waals surface area contributed by atoms with Gasteiger partial charge in [0.05, 0.1) is 12.1 Å². The maximum atomic E-state index is 12.0. The molecule has 1 heterocycles. The number of benzene rings is 1. The molecular formula is C20H26N4O3S. The maximum Gasteiger partial charge on any atom is 0.260 e. The zero-order valence-electron chi connectivity index (χ0n) is 16.7. The number of hydrogen-bond acceptors (Lipinski definition) is 6. The highest BCUT2D eigenvalue weighted by Crippen LogP contribution is 2.13. The number of rotatable bonds is 9. The minimum atomic E-state index is -0.205. The molecule has 0 bridgehead atoms. The van der Waals surface area contributed by atoms with Crippen molar-refractivity contribution in [1.82, 2.24) is 15.3 Å². The topological polar surface area (TPSA) is 83.9 Å². The number of carbonyl (C=O) groups excluding carboxylic acids is 2. The summed E-state index contributed by atoms with van der Waals surface area (Å²) in [5, 5.41) is 6.82. The van der Waals surface area contributed by atoms with Crippen molar-refractivity contribution in [2.24, 2.45) is 5.10 Å². The van der Waals surface area contributed by atoms with E-state index in [1.54, 1.807) is 17.0 Å². The van der Waals surface area contributed by atoms with Crippen LogP contribution in [0.25, 0.3) is 0 Å². The van der Waals surface area contributed by atoms with Gasteiger partial charge >= 0.3 is 0 Å². The van der Waals surface area contributed by atoms with Crippen LogP contribution >= 0.6 is 11.3 Å². The Morgan fingerprint density at radius 1 is 1.21 bits per heavy atom. The minimum Gasteiger partial charge on any atom is -0.484 e. The summed E-state index contributed by atoms with van der Waals surface area (Å²) in [4.78, 5) is 29.9. The molecule has 0 aliphatic carbocycles. The third kappa shape index (κ3) is 6.45. The van der Waals surface area contributed by atoms with Gasteiger partial charge in [-0.05, 0) is 57.5 Å². The summed E-state index contributed by atoms with van der Waals surface area (Å²) in [7, 11) is 0. The fourth-order valence-corrected chi connectivity index (χ4v) is 3.25. The van der Waals surface area contributed by atoms with Crippen molar-refractivity contribution >= 4 is 28.9 Å². The first kappa shape index (κ1) is 21.6. The molecule has 1 aromatic heterocycles. The normalized spacial score (nSPS) is 11.2. The molecule has 0 saturated heterocycles. The number of likely N-dealkylation sites (N-methyl/N-ethyl adjacent to an activating group) is 1. The van der Waals surface area contributed by atoms with E-state index in [0.29, 0.717) is 24.6 Å². The van der Waals surface area contributed by atoms with Crippen LogP contribution in [0.15, 0.2) is 34.7 Å². The maximum absolute atomic E-state index is 12.0. The molecule has 1 aromatic carbocycles. The Bertz CT molecular complexity index is 826. The number of aromatic nitrogens is 1. The van der Waals surface area contributed by atoms with Crippen LogP contribution in [0.4, 0.5) is 0 Å². The Labute approximate surface area is 169 Å². The van der Waals surface area contributed by atoms with E-state index in [1.165, 1.54) is 11.3 Å². The van der Waals surface area contributed by atoms with E-state index in [-0.39, 0.29) is 24.8 Å². The van der Waals surface area contributed by atoms with Gasteiger partial charge in [-0.1, -0.05) is 0 Å². The molecule has 0 spiro atoms. The molecule has 150 valence electrons. The van der Waals surface area contributed by atoms with Crippen LogP contribution in [0, 0.1) is 6.92 Å². The molecule has 7 nitrogen and oxygen atoms in total. The smallest absolute Gasteiger partial charge is 0.260 e. The summed E-state index contributed by atoms with van der Waals surface area (Å²) < 4.78 is 5.55. The van der Waals surface area contributed by atoms with E-state index in [9.17, 15) is 9.59 Å². The van der Waals surface area contributed by atoms with Crippen molar-refractivity contribution < 1.29 is 14.3 Å². The van der Waals surface area contributed by atoms with Crippen LogP contribution in [0.1, 0.15) is 37.0 Å². The second-order valence-corrected chi connectivity index (χ2v) is 7.11. The number of nitrogens with zero attached hydrogens (tertiary/aromatic N) is 3. The third-order valence-electron chi connectivity index (χ3n) is 4.08. The monoisotopic (exact) mass is 402 g/mol. The number of hydrazone groups is 1.